The van der Waals surface area contributed by atoms with E-state index in [0.717, 1.165) is 26.6 Å². The fourth-order valence-electron chi connectivity index (χ4n) is 2.13. The van der Waals surface area contributed by atoms with Crippen LogP contribution in [-0.4, -0.2) is 15.8 Å². The van der Waals surface area contributed by atoms with Gasteiger partial charge >= 0.3 is 0 Å². The maximum absolute atomic E-state index is 11.6. The van der Waals surface area contributed by atoms with Crippen LogP contribution in [0.15, 0.2) is 47.2 Å². The Hall–Kier alpha value is -1.94. The van der Waals surface area contributed by atoms with Gasteiger partial charge in [-0.2, -0.15) is 0 Å². The molecule has 2 aromatic carbocycles. The molecule has 0 amide bonds. The third kappa shape index (κ3) is 2.19. The van der Waals surface area contributed by atoms with E-state index in [4.69, 9.17) is 0 Å². The van der Waals surface area contributed by atoms with E-state index in [2.05, 4.69) is 25.9 Å². The molecule has 3 aromatic rings. The Labute approximate surface area is 118 Å². The minimum absolute atomic E-state index is 0.0488. The second kappa shape index (κ2) is 4.63. The maximum atomic E-state index is 11.6. The molecule has 1 heterocycles. The van der Waals surface area contributed by atoms with Crippen LogP contribution < -0.4 is 0 Å². The molecule has 0 radical (unpaired) electrons. The van der Waals surface area contributed by atoms with Crippen LogP contribution in [0.3, 0.4) is 0 Å². The van der Waals surface area contributed by atoms with Crippen LogP contribution in [0, 0.1) is 0 Å². The van der Waals surface area contributed by atoms with Crippen molar-refractivity contribution in [3.8, 4) is 11.1 Å². The molecule has 94 valence electrons. The van der Waals surface area contributed by atoms with E-state index >= 15 is 0 Å². The molecule has 19 heavy (non-hydrogen) atoms. The highest BCUT2D eigenvalue weighted by Gasteiger charge is 2.11. The summed E-state index contributed by atoms with van der Waals surface area (Å²) in [5, 5.41) is 0. The van der Waals surface area contributed by atoms with Crippen molar-refractivity contribution >= 4 is 32.7 Å². The Balaban J connectivity index is 2.32. The minimum Gasteiger partial charge on any atom is -0.345 e. The predicted octanol–water partition coefficient (Wildman–Crippen LogP) is 4.20. The molecule has 0 atom stereocenters. The van der Waals surface area contributed by atoms with E-state index in [9.17, 15) is 4.79 Å². The van der Waals surface area contributed by atoms with Crippen LogP contribution in [0.5, 0.6) is 0 Å². The Morgan fingerprint density at radius 3 is 2.84 bits per heavy atom. The Kier molecular flexibility index (Phi) is 2.95. The number of nitrogens with zero attached hydrogens (tertiary/aromatic N) is 1. The Morgan fingerprint density at radius 1 is 1.26 bits per heavy atom. The number of Topliss-reactive ketones (excluding diaryl/α,β-unsaturated/α-hetero) is 1. The summed E-state index contributed by atoms with van der Waals surface area (Å²) in [6.07, 6.45) is 1.65. The van der Waals surface area contributed by atoms with Crippen LogP contribution in [0.1, 0.15) is 17.3 Å². The summed E-state index contributed by atoms with van der Waals surface area (Å²) in [7, 11) is 0. The molecule has 0 aliphatic rings. The van der Waals surface area contributed by atoms with Gasteiger partial charge in [0.1, 0.15) is 0 Å². The number of aromatic nitrogens is 2. The lowest BCUT2D eigenvalue weighted by molar-refractivity contribution is 0.101. The molecule has 0 aliphatic carbocycles. The number of benzene rings is 2. The summed E-state index contributed by atoms with van der Waals surface area (Å²) in [5.74, 6) is 0.0488. The highest BCUT2D eigenvalue weighted by atomic mass is 79.9. The molecule has 3 nitrogen and oxygen atoms in total. The molecule has 0 saturated carbocycles. The normalized spacial score (nSPS) is 10.8. The maximum Gasteiger partial charge on any atom is 0.159 e. The number of carbonyl (C=O) groups is 1. The topological polar surface area (TPSA) is 45.8 Å². The number of fused-ring (bicyclic) bond motifs is 1. The molecule has 0 fully saturated rings. The third-order valence-corrected chi connectivity index (χ3v) is 3.56. The van der Waals surface area contributed by atoms with Gasteiger partial charge in [-0.3, -0.25) is 4.79 Å². The third-order valence-electron chi connectivity index (χ3n) is 3.07. The largest absolute Gasteiger partial charge is 0.345 e. The number of hydrogen-bond acceptors (Lipinski definition) is 2. The number of H-pyrrole nitrogens is 1. The molecule has 0 saturated heterocycles. The van der Waals surface area contributed by atoms with Crippen LogP contribution in [-0.2, 0) is 0 Å². The SMILES string of the molecule is CC(=O)c1cc(-c2cccc(Br)c2)c2nc[nH]c2c1. The lowest BCUT2D eigenvalue weighted by atomic mass is 10.00. The zero-order valence-electron chi connectivity index (χ0n) is 10.3. The van der Waals surface area contributed by atoms with Gasteiger partial charge in [-0.05, 0) is 36.8 Å². The number of halogens is 1. The van der Waals surface area contributed by atoms with Gasteiger partial charge in [0.2, 0.25) is 0 Å². The predicted molar refractivity (Wildman–Crippen MR) is 79.2 cm³/mol. The highest BCUT2D eigenvalue weighted by Crippen LogP contribution is 2.30. The van der Waals surface area contributed by atoms with Crippen LogP contribution in [0.25, 0.3) is 22.2 Å². The summed E-state index contributed by atoms with van der Waals surface area (Å²) in [5.41, 5.74) is 4.44. The molecule has 0 aliphatic heterocycles. The highest BCUT2D eigenvalue weighted by molar-refractivity contribution is 9.10. The van der Waals surface area contributed by atoms with Crippen molar-refractivity contribution in [2.24, 2.45) is 0 Å². The first kappa shape index (κ1) is 12.1. The molecule has 1 aromatic heterocycles. The summed E-state index contributed by atoms with van der Waals surface area (Å²) in [6, 6.07) is 11.7. The van der Waals surface area contributed by atoms with E-state index < -0.39 is 0 Å². The Morgan fingerprint density at radius 2 is 2.11 bits per heavy atom. The number of ketones is 1. The van der Waals surface area contributed by atoms with E-state index in [1.165, 1.54) is 0 Å². The quantitative estimate of drug-likeness (QED) is 0.721. The van der Waals surface area contributed by atoms with E-state index in [1.807, 2.05) is 36.4 Å². The van der Waals surface area contributed by atoms with Crippen molar-refractivity contribution in [3.05, 3.63) is 52.8 Å². The smallest absolute Gasteiger partial charge is 0.159 e. The summed E-state index contributed by atoms with van der Waals surface area (Å²) in [4.78, 5) is 19.0. The second-order valence-electron chi connectivity index (χ2n) is 4.39. The first-order valence-corrected chi connectivity index (χ1v) is 6.68. The molecule has 0 bridgehead atoms. The zero-order chi connectivity index (χ0) is 13.4. The minimum atomic E-state index is 0.0488. The van der Waals surface area contributed by atoms with Gasteiger partial charge in [0.05, 0.1) is 17.4 Å². The number of aromatic amines is 1. The van der Waals surface area contributed by atoms with Crippen molar-refractivity contribution in [2.75, 3.05) is 0 Å². The fourth-order valence-corrected chi connectivity index (χ4v) is 2.53. The van der Waals surface area contributed by atoms with Crippen LogP contribution in [0.2, 0.25) is 0 Å². The van der Waals surface area contributed by atoms with Crippen molar-refractivity contribution in [1.82, 2.24) is 9.97 Å². The fraction of sp³-hybridized carbons (Fsp3) is 0.0667. The van der Waals surface area contributed by atoms with Crippen molar-refractivity contribution < 1.29 is 4.79 Å². The van der Waals surface area contributed by atoms with Crippen LogP contribution >= 0.6 is 15.9 Å². The number of imidazole rings is 1. The molecule has 0 unspecified atom stereocenters. The van der Waals surface area contributed by atoms with E-state index in [-0.39, 0.29) is 5.78 Å². The average molecular weight is 315 g/mol. The molecule has 3 rings (SSSR count). The zero-order valence-corrected chi connectivity index (χ0v) is 11.9. The number of nitrogens with one attached hydrogen (secondary N) is 1. The number of rotatable bonds is 2. The Bertz CT molecular complexity index is 777. The van der Waals surface area contributed by atoms with Crippen molar-refractivity contribution in [3.63, 3.8) is 0 Å². The standard InChI is InChI=1S/C15H11BrN2O/c1-9(19)11-6-13(10-3-2-4-12(16)5-10)15-14(7-11)17-8-18-15/h2-8H,1H3,(H,17,18). The second-order valence-corrected chi connectivity index (χ2v) is 5.30. The van der Waals surface area contributed by atoms with Gasteiger partial charge in [0.15, 0.2) is 5.78 Å². The van der Waals surface area contributed by atoms with Gasteiger partial charge in [-0.1, -0.05) is 28.1 Å². The molecule has 1 N–H and O–H groups in total. The van der Waals surface area contributed by atoms with Gasteiger partial charge in [0.25, 0.3) is 0 Å². The van der Waals surface area contributed by atoms with Crippen LogP contribution in [0.4, 0.5) is 0 Å². The van der Waals surface area contributed by atoms with Crippen molar-refractivity contribution in [1.29, 1.82) is 0 Å². The summed E-state index contributed by atoms with van der Waals surface area (Å²) < 4.78 is 1.00. The first-order valence-electron chi connectivity index (χ1n) is 5.89. The number of carbonyl (C=O) groups excluding carboxylic acids is 1. The molecular weight excluding hydrogens is 304 g/mol. The van der Waals surface area contributed by atoms with E-state index in [0.29, 0.717) is 5.56 Å². The molecule has 4 heteroatoms. The summed E-state index contributed by atoms with van der Waals surface area (Å²) in [6.45, 7) is 1.57. The lowest BCUT2D eigenvalue weighted by Gasteiger charge is -2.06. The van der Waals surface area contributed by atoms with Gasteiger partial charge in [-0.15, -0.1) is 0 Å². The van der Waals surface area contributed by atoms with Gasteiger partial charge in [0, 0.05) is 15.6 Å². The lowest BCUT2D eigenvalue weighted by Crippen LogP contribution is -1.93. The molecule has 0 spiro atoms. The average Bonchev–Trinajstić information content (AvgIpc) is 2.85. The van der Waals surface area contributed by atoms with E-state index in [1.54, 1.807) is 13.3 Å². The van der Waals surface area contributed by atoms with Crippen molar-refractivity contribution in [2.45, 2.75) is 6.92 Å². The summed E-state index contributed by atoms with van der Waals surface area (Å²) >= 11 is 3.47. The van der Waals surface area contributed by atoms with Gasteiger partial charge < -0.3 is 4.98 Å². The first-order chi connectivity index (χ1) is 9.15. The van der Waals surface area contributed by atoms with Gasteiger partial charge in [-0.25, -0.2) is 4.98 Å². The monoisotopic (exact) mass is 314 g/mol. The number of hydrogen-bond donors (Lipinski definition) is 1. The molecular formula is C15H11BrN2O.